The number of hydrogen-bond acceptors (Lipinski definition) is 3. The van der Waals surface area contributed by atoms with Gasteiger partial charge in [0.25, 0.3) is 0 Å². The molecule has 0 saturated heterocycles. The van der Waals surface area contributed by atoms with Crippen LogP contribution in [-0.2, 0) is 0 Å². The van der Waals surface area contributed by atoms with Gasteiger partial charge in [0, 0.05) is 0 Å². The molecule has 0 spiro atoms. The largest absolute Gasteiger partial charge is 0.459 e. The Kier molecular flexibility index (Phi) is 3.35. The molecule has 0 aliphatic rings. The van der Waals surface area contributed by atoms with Crippen molar-refractivity contribution in [2.24, 2.45) is 5.10 Å². The predicted octanol–water partition coefficient (Wildman–Crippen LogP) is 2.35. The number of hydrazone groups is 1. The van der Waals surface area contributed by atoms with E-state index >= 15 is 0 Å². The van der Waals surface area contributed by atoms with Crippen LogP contribution in [0.15, 0.2) is 52.2 Å². The maximum absolute atomic E-state index is 11.5. The molecule has 0 aliphatic heterocycles. The fourth-order valence-electron chi connectivity index (χ4n) is 1.35. The molecule has 1 aromatic heterocycles. The molecule has 4 nitrogen and oxygen atoms in total. The SMILES string of the molecule is Cc1ccccc1/C=N/NC(=O)c1ccco1. The van der Waals surface area contributed by atoms with Crippen molar-refractivity contribution < 1.29 is 9.21 Å². The first-order valence-electron chi connectivity index (χ1n) is 5.20. The number of furan rings is 1. The van der Waals surface area contributed by atoms with Gasteiger partial charge in [-0.3, -0.25) is 4.79 Å². The maximum Gasteiger partial charge on any atom is 0.307 e. The van der Waals surface area contributed by atoms with E-state index in [2.05, 4.69) is 10.5 Å². The normalized spacial score (nSPS) is 10.6. The summed E-state index contributed by atoms with van der Waals surface area (Å²) in [5, 5.41) is 3.87. The Bertz CT molecular complexity index is 530. The third-order valence-electron chi connectivity index (χ3n) is 2.30. The number of nitrogens with one attached hydrogen (secondary N) is 1. The van der Waals surface area contributed by atoms with E-state index in [0.717, 1.165) is 11.1 Å². The molecule has 2 aromatic rings. The first-order chi connectivity index (χ1) is 8.27. The summed E-state index contributed by atoms with van der Waals surface area (Å²) in [6.45, 7) is 1.98. The Morgan fingerprint density at radius 2 is 2.12 bits per heavy atom. The van der Waals surface area contributed by atoms with Gasteiger partial charge in [-0.2, -0.15) is 5.10 Å². The molecule has 17 heavy (non-hydrogen) atoms. The summed E-state index contributed by atoms with van der Waals surface area (Å²) < 4.78 is 4.94. The van der Waals surface area contributed by atoms with Crippen molar-refractivity contribution in [3.8, 4) is 0 Å². The van der Waals surface area contributed by atoms with Crippen LogP contribution in [0, 0.1) is 6.92 Å². The van der Waals surface area contributed by atoms with Crippen LogP contribution in [0.5, 0.6) is 0 Å². The highest BCUT2D eigenvalue weighted by molar-refractivity contribution is 5.92. The van der Waals surface area contributed by atoms with Gasteiger partial charge >= 0.3 is 5.91 Å². The molecule has 86 valence electrons. The van der Waals surface area contributed by atoms with Crippen LogP contribution in [0.3, 0.4) is 0 Å². The highest BCUT2D eigenvalue weighted by atomic mass is 16.3. The van der Waals surface area contributed by atoms with E-state index in [9.17, 15) is 4.79 Å². The second-order valence-corrected chi connectivity index (χ2v) is 3.53. The lowest BCUT2D eigenvalue weighted by molar-refractivity contribution is 0.0927. The van der Waals surface area contributed by atoms with Gasteiger partial charge in [0.1, 0.15) is 0 Å². The average molecular weight is 228 g/mol. The van der Waals surface area contributed by atoms with Crippen molar-refractivity contribution >= 4 is 12.1 Å². The number of nitrogens with zero attached hydrogens (tertiary/aromatic N) is 1. The Morgan fingerprint density at radius 3 is 2.82 bits per heavy atom. The molecule has 0 aliphatic carbocycles. The van der Waals surface area contributed by atoms with E-state index < -0.39 is 0 Å². The summed E-state index contributed by atoms with van der Waals surface area (Å²) in [4.78, 5) is 11.5. The number of aryl methyl sites for hydroxylation is 1. The number of carbonyl (C=O) groups is 1. The van der Waals surface area contributed by atoms with Crippen LogP contribution in [0.1, 0.15) is 21.7 Å². The Hall–Kier alpha value is -2.36. The predicted molar refractivity (Wildman–Crippen MR) is 64.9 cm³/mol. The molecule has 0 bridgehead atoms. The average Bonchev–Trinajstić information content (AvgIpc) is 2.85. The first-order valence-corrected chi connectivity index (χ1v) is 5.20. The van der Waals surface area contributed by atoms with Crippen LogP contribution in [-0.4, -0.2) is 12.1 Å². The number of carbonyl (C=O) groups excluding carboxylic acids is 1. The van der Waals surface area contributed by atoms with Gasteiger partial charge in [-0.1, -0.05) is 24.3 Å². The van der Waals surface area contributed by atoms with E-state index in [-0.39, 0.29) is 11.7 Å². The smallest absolute Gasteiger partial charge is 0.307 e. The maximum atomic E-state index is 11.5. The fraction of sp³-hybridized carbons (Fsp3) is 0.0769. The zero-order chi connectivity index (χ0) is 12.1. The molecular formula is C13H12N2O2. The molecule has 0 fully saturated rings. The van der Waals surface area contributed by atoms with Gasteiger partial charge < -0.3 is 4.42 Å². The molecular weight excluding hydrogens is 216 g/mol. The molecule has 1 aromatic carbocycles. The van der Waals surface area contributed by atoms with Gasteiger partial charge in [-0.05, 0) is 30.2 Å². The minimum absolute atomic E-state index is 0.243. The fourth-order valence-corrected chi connectivity index (χ4v) is 1.35. The standard InChI is InChI=1S/C13H12N2O2/c1-10-5-2-3-6-11(10)9-14-15-13(16)12-7-4-8-17-12/h2-9H,1H3,(H,15,16)/b14-9+. The topological polar surface area (TPSA) is 54.6 Å². The monoisotopic (exact) mass is 228 g/mol. The van der Waals surface area contributed by atoms with Crippen molar-refractivity contribution in [2.75, 3.05) is 0 Å². The van der Waals surface area contributed by atoms with E-state index in [4.69, 9.17) is 4.42 Å². The number of hydrogen-bond donors (Lipinski definition) is 1. The first kappa shape index (κ1) is 11.1. The van der Waals surface area contributed by atoms with Crippen molar-refractivity contribution in [2.45, 2.75) is 6.92 Å². The summed E-state index contributed by atoms with van der Waals surface area (Å²) in [5.74, 6) is -0.119. The lowest BCUT2D eigenvalue weighted by Crippen LogP contribution is -2.16. The van der Waals surface area contributed by atoms with E-state index in [1.165, 1.54) is 6.26 Å². The molecule has 0 radical (unpaired) electrons. The summed E-state index contributed by atoms with van der Waals surface area (Å²) in [6, 6.07) is 11.0. The zero-order valence-electron chi connectivity index (χ0n) is 9.38. The molecule has 1 N–H and O–H groups in total. The molecule has 4 heteroatoms. The number of rotatable bonds is 3. The summed E-state index contributed by atoms with van der Waals surface area (Å²) in [6.07, 6.45) is 3.05. The van der Waals surface area contributed by atoms with Crippen LogP contribution in [0.25, 0.3) is 0 Å². The Labute approximate surface area is 99.0 Å². The van der Waals surface area contributed by atoms with Gasteiger partial charge in [-0.25, -0.2) is 5.43 Å². The second-order valence-electron chi connectivity index (χ2n) is 3.53. The second kappa shape index (κ2) is 5.12. The van der Waals surface area contributed by atoms with Crippen molar-refractivity contribution in [3.05, 3.63) is 59.5 Å². The number of benzene rings is 1. The minimum atomic E-state index is -0.361. The molecule has 0 atom stereocenters. The zero-order valence-corrected chi connectivity index (χ0v) is 9.38. The lowest BCUT2D eigenvalue weighted by Gasteiger charge is -1.98. The highest BCUT2D eigenvalue weighted by Crippen LogP contribution is 2.03. The molecule has 0 unspecified atom stereocenters. The quantitative estimate of drug-likeness (QED) is 0.647. The Balaban J connectivity index is 1.99. The molecule has 1 amide bonds. The van der Waals surface area contributed by atoms with E-state index in [0.29, 0.717) is 0 Å². The van der Waals surface area contributed by atoms with Crippen LogP contribution in [0.4, 0.5) is 0 Å². The van der Waals surface area contributed by atoms with E-state index in [1.54, 1.807) is 18.3 Å². The van der Waals surface area contributed by atoms with Gasteiger partial charge in [0.05, 0.1) is 12.5 Å². The van der Waals surface area contributed by atoms with Gasteiger partial charge in [-0.15, -0.1) is 0 Å². The minimum Gasteiger partial charge on any atom is -0.459 e. The van der Waals surface area contributed by atoms with E-state index in [1.807, 2.05) is 31.2 Å². The molecule has 1 heterocycles. The van der Waals surface area contributed by atoms with Crippen LogP contribution in [0.2, 0.25) is 0 Å². The summed E-state index contributed by atoms with van der Waals surface area (Å²) >= 11 is 0. The van der Waals surface area contributed by atoms with Crippen molar-refractivity contribution in [1.82, 2.24) is 5.43 Å². The summed E-state index contributed by atoms with van der Waals surface area (Å²) in [7, 11) is 0. The summed E-state index contributed by atoms with van der Waals surface area (Å²) in [5.41, 5.74) is 4.46. The third kappa shape index (κ3) is 2.81. The lowest BCUT2D eigenvalue weighted by atomic mass is 10.1. The van der Waals surface area contributed by atoms with Crippen LogP contribution < -0.4 is 5.43 Å². The van der Waals surface area contributed by atoms with Gasteiger partial charge in [0.15, 0.2) is 5.76 Å². The van der Waals surface area contributed by atoms with Gasteiger partial charge in [0.2, 0.25) is 0 Å². The van der Waals surface area contributed by atoms with Crippen molar-refractivity contribution in [3.63, 3.8) is 0 Å². The third-order valence-corrected chi connectivity index (χ3v) is 2.30. The van der Waals surface area contributed by atoms with Crippen LogP contribution >= 0.6 is 0 Å². The number of amides is 1. The van der Waals surface area contributed by atoms with Crippen molar-refractivity contribution in [1.29, 1.82) is 0 Å². The molecule has 2 rings (SSSR count). The molecule has 0 saturated carbocycles. The Morgan fingerprint density at radius 1 is 1.29 bits per heavy atom. The highest BCUT2D eigenvalue weighted by Gasteiger charge is 2.05.